The molecule has 0 aliphatic carbocycles. The van der Waals surface area contributed by atoms with Crippen molar-refractivity contribution in [2.45, 2.75) is 39.8 Å². The van der Waals surface area contributed by atoms with Gasteiger partial charge in [0.25, 0.3) is 0 Å². The van der Waals surface area contributed by atoms with E-state index in [0.717, 1.165) is 13.0 Å². The van der Waals surface area contributed by atoms with Gasteiger partial charge in [0.05, 0.1) is 6.04 Å². The molecule has 1 unspecified atom stereocenters. The van der Waals surface area contributed by atoms with Gasteiger partial charge in [-0.05, 0) is 30.4 Å². The molecule has 0 bridgehead atoms. The molecule has 1 nitrogen and oxygen atoms in total. The Labute approximate surface area is 99.3 Å². The van der Waals surface area contributed by atoms with Gasteiger partial charge in [0, 0.05) is 6.54 Å². The van der Waals surface area contributed by atoms with Crippen molar-refractivity contribution in [1.29, 1.82) is 0 Å². The molecule has 1 heteroatoms. The lowest BCUT2D eigenvalue weighted by molar-refractivity contribution is 0.641. The molecular formula is C15H21N. The summed E-state index contributed by atoms with van der Waals surface area (Å²) >= 11 is 0. The molecule has 1 aromatic rings. The van der Waals surface area contributed by atoms with E-state index in [1.54, 1.807) is 0 Å². The van der Waals surface area contributed by atoms with Gasteiger partial charge in [-0.25, -0.2) is 0 Å². The van der Waals surface area contributed by atoms with E-state index in [4.69, 9.17) is 6.42 Å². The van der Waals surface area contributed by atoms with Crippen LogP contribution in [0, 0.1) is 18.3 Å². The second kappa shape index (κ2) is 6.35. The van der Waals surface area contributed by atoms with Crippen LogP contribution in [0.5, 0.6) is 0 Å². The lowest BCUT2D eigenvalue weighted by atomic mass is 10.0. The number of nitrogens with one attached hydrogen (secondary N) is 1. The van der Waals surface area contributed by atoms with E-state index in [9.17, 15) is 0 Å². The van der Waals surface area contributed by atoms with Crippen LogP contribution in [0.3, 0.4) is 0 Å². The topological polar surface area (TPSA) is 12.0 Å². The molecule has 16 heavy (non-hydrogen) atoms. The van der Waals surface area contributed by atoms with E-state index < -0.39 is 0 Å². The summed E-state index contributed by atoms with van der Waals surface area (Å²) in [6.07, 6.45) is 6.45. The highest BCUT2D eigenvalue weighted by Crippen LogP contribution is 2.09. The molecule has 0 saturated heterocycles. The predicted molar refractivity (Wildman–Crippen MR) is 70.1 cm³/mol. The molecule has 0 aliphatic heterocycles. The minimum Gasteiger partial charge on any atom is -0.300 e. The third kappa shape index (κ3) is 4.51. The van der Waals surface area contributed by atoms with Crippen LogP contribution in [-0.4, -0.2) is 6.04 Å². The number of benzene rings is 1. The van der Waals surface area contributed by atoms with Gasteiger partial charge in [-0.3, -0.25) is 5.32 Å². The SMILES string of the molecule is C#CC(C)NCc1ccc(CC(C)C)cc1. The second-order valence-corrected chi connectivity index (χ2v) is 4.68. The van der Waals surface area contributed by atoms with Crippen LogP contribution >= 0.6 is 0 Å². The fourth-order valence-electron chi connectivity index (χ4n) is 1.59. The summed E-state index contributed by atoms with van der Waals surface area (Å²) in [5.74, 6) is 3.37. The lowest BCUT2D eigenvalue weighted by Gasteiger charge is -2.09. The summed E-state index contributed by atoms with van der Waals surface area (Å²) in [6, 6.07) is 8.90. The zero-order valence-corrected chi connectivity index (χ0v) is 10.5. The number of hydrogen-bond acceptors (Lipinski definition) is 1. The van der Waals surface area contributed by atoms with Gasteiger partial charge >= 0.3 is 0 Å². The second-order valence-electron chi connectivity index (χ2n) is 4.68. The minimum absolute atomic E-state index is 0.135. The minimum atomic E-state index is 0.135. The van der Waals surface area contributed by atoms with E-state index >= 15 is 0 Å². The predicted octanol–water partition coefficient (Wildman–Crippen LogP) is 3.00. The summed E-state index contributed by atoms with van der Waals surface area (Å²) in [5, 5.41) is 3.27. The summed E-state index contributed by atoms with van der Waals surface area (Å²) in [5.41, 5.74) is 2.69. The van der Waals surface area contributed by atoms with Crippen molar-refractivity contribution in [2.24, 2.45) is 5.92 Å². The molecule has 86 valence electrons. The molecule has 0 spiro atoms. The van der Waals surface area contributed by atoms with E-state index in [1.165, 1.54) is 11.1 Å². The third-order valence-corrected chi connectivity index (χ3v) is 2.53. The summed E-state index contributed by atoms with van der Waals surface area (Å²) in [4.78, 5) is 0. The molecule has 0 fully saturated rings. The first-order chi connectivity index (χ1) is 7.61. The molecule has 0 aliphatic rings. The van der Waals surface area contributed by atoms with Gasteiger partial charge < -0.3 is 0 Å². The zero-order valence-electron chi connectivity index (χ0n) is 10.5. The number of hydrogen-bond donors (Lipinski definition) is 1. The fraction of sp³-hybridized carbons (Fsp3) is 0.467. The van der Waals surface area contributed by atoms with Crippen LogP contribution < -0.4 is 5.32 Å². The Morgan fingerprint density at radius 3 is 2.19 bits per heavy atom. The lowest BCUT2D eigenvalue weighted by Crippen LogP contribution is -2.23. The Balaban J connectivity index is 2.49. The van der Waals surface area contributed by atoms with Crippen LogP contribution in [0.4, 0.5) is 0 Å². The van der Waals surface area contributed by atoms with Crippen molar-refractivity contribution in [3.63, 3.8) is 0 Å². The van der Waals surface area contributed by atoms with E-state index in [1.807, 2.05) is 6.92 Å². The smallest absolute Gasteiger partial charge is 0.0660 e. The number of terminal acetylenes is 1. The molecule has 1 aromatic carbocycles. The van der Waals surface area contributed by atoms with Crippen LogP contribution in [0.25, 0.3) is 0 Å². The molecule has 0 radical (unpaired) electrons. The zero-order chi connectivity index (χ0) is 12.0. The summed E-state index contributed by atoms with van der Waals surface area (Å²) in [7, 11) is 0. The molecule has 0 saturated carbocycles. The molecule has 1 rings (SSSR count). The Morgan fingerprint density at radius 1 is 1.12 bits per heavy atom. The van der Waals surface area contributed by atoms with Gasteiger partial charge in [0.1, 0.15) is 0 Å². The third-order valence-electron chi connectivity index (χ3n) is 2.53. The Kier molecular flexibility index (Phi) is 5.08. The van der Waals surface area contributed by atoms with Crippen molar-refractivity contribution in [3.05, 3.63) is 35.4 Å². The van der Waals surface area contributed by atoms with Crippen molar-refractivity contribution in [3.8, 4) is 12.3 Å². The molecule has 1 atom stereocenters. The molecule has 1 N–H and O–H groups in total. The highest BCUT2D eigenvalue weighted by atomic mass is 14.9. The van der Waals surface area contributed by atoms with Gasteiger partial charge in [0.15, 0.2) is 0 Å². The quantitative estimate of drug-likeness (QED) is 0.745. The van der Waals surface area contributed by atoms with Crippen molar-refractivity contribution in [1.82, 2.24) is 5.32 Å². The van der Waals surface area contributed by atoms with Crippen molar-refractivity contribution in [2.75, 3.05) is 0 Å². The standard InChI is InChI=1S/C15H21N/c1-5-13(4)16-11-15-8-6-14(7-9-15)10-12(2)3/h1,6-9,12-13,16H,10-11H2,2-4H3. The van der Waals surface area contributed by atoms with E-state index in [2.05, 4.69) is 49.4 Å². The summed E-state index contributed by atoms with van der Waals surface area (Å²) in [6.45, 7) is 7.31. The fourth-order valence-corrected chi connectivity index (χ4v) is 1.59. The summed E-state index contributed by atoms with van der Waals surface area (Å²) < 4.78 is 0. The van der Waals surface area contributed by atoms with E-state index in [0.29, 0.717) is 5.92 Å². The first kappa shape index (κ1) is 12.8. The van der Waals surface area contributed by atoms with Crippen LogP contribution in [-0.2, 0) is 13.0 Å². The molecule has 0 aromatic heterocycles. The average Bonchev–Trinajstić information content (AvgIpc) is 2.27. The highest BCUT2D eigenvalue weighted by molar-refractivity contribution is 5.23. The van der Waals surface area contributed by atoms with Gasteiger partial charge in [0.2, 0.25) is 0 Å². The largest absolute Gasteiger partial charge is 0.300 e. The van der Waals surface area contributed by atoms with Gasteiger partial charge in [-0.2, -0.15) is 0 Å². The van der Waals surface area contributed by atoms with Crippen LogP contribution in [0.1, 0.15) is 31.9 Å². The maximum Gasteiger partial charge on any atom is 0.0660 e. The molecule has 0 heterocycles. The monoisotopic (exact) mass is 215 g/mol. The van der Waals surface area contributed by atoms with Gasteiger partial charge in [-0.15, -0.1) is 6.42 Å². The molecular weight excluding hydrogens is 194 g/mol. The number of rotatable bonds is 5. The first-order valence-corrected chi connectivity index (χ1v) is 5.89. The highest BCUT2D eigenvalue weighted by Gasteiger charge is 1.99. The van der Waals surface area contributed by atoms with Gasteiger partial charge in [-0.1, -0.05) is 44.0 Å². The van der Waals surface area contributed by atoms with E-state index in [-0.39, 0.29) is 6.04 Å². The Morgan fingerprint density at radius 2 is 1.69 bits per heavy atom. The Hall–Kier alpha value is -1.26. The van der Waals surface area contributed by atoms with Crippen LogP contribution in [0.2, 0.25) is 0 Å². The normalized spacial score (nSPS) is 12.4. The van der Waals surface area contributed by atoms with Crippen molar-refractivity contribution >= 4 is 0 Å². The average molecular weight is 215 g/mol. The maximum absolute atomic E-state index is 5.30. The Bertz CT molecular complexity index is 343. The first-order valence-electron chi connectivity index (χ1n) is 5.89. The molecule has 0 amide bonds. The van der Waals surface area contributed by atoms with Crippen LogP contribution in [0.15, 0.2) is 24.3 Å². The maximum atomic E-state index is 5.30. The van der Waals surface area contributed by atoms with Crippen molar-refractivity contribution < 1.29 is 0 Å².